The van der Waals surface area contributed by atoms with Gasteiger partial charge in [-0.05, 0) is 49.2 Å². The molecule has 0 bridgehead atoms. The molecule has 1 N–H and O–H groups in total. The fourth-order valence-corrected chi connectivity index (χ4v) is 1.98. The Morgan fingerprint density at radius 2 is 2.00 bits per heavy atom. The molecule has 1 aliphatic carbocycles. The van der Waals surface area contributed by atoms with Crippen molar-refractivity contribution >= 4 is 12.0 Å². The molecule has 5 heteroatoms. The van der Waals surface area contributed by atoms with Crippen LogP contribution in [-0.2, 0) is 4.79 Å². The van der Waals surface area contributed by atoms with Gasteiger partial charge in [0.25, 0.3) is 5.91 Å². The number of nitriles is 1. The van der Waals surface area contributed by atoms with Crippen LogP contribution in [0.5, 0.6) is 0 Å². The van der Waals surface area contributed by atoms with Crippen LogP contribution in [0.4, 0.5) is 4.39 Å². The fourth-order valence-electron chi connectivity index (χ4n) is 1.98. The fraction of sp³-hybridized carbons (Fsp3) is 0.176. The maximum absolute atomic E-state index is 12.9. The molecule has 0 atom stereocenters. The summed E-state index contributed by atoms with van der Waals surface area (Å²) >= 11 is 0. The predicted octanol–water partition coefficient (Wildman–Crippen LogP) is 3.27. The lowest BCUT2D eigenvalue weighted by Gasteiger charge is -2.00. The number of rotatable bonds is 4. The van der Waals surface area contributed by atoms with Crippen molar-refractivity contribution < 1.29 is 13.6 Å². The number of carbonyl (C=O) groups is 1. The summed E-state index contributed by atoms with van der Waals surface area (Å²) in [5.41, 5.74) is 0.730. The highest BCUT2D eigenvalue weighted by Crippen LogP contribution is 2.24. The largest absolute Gasteiger partial charge is 0.457 e. The summed E-state index contributed by atoms with van der Waals surface area (Å²) in [6.07, 6.45) is 3.32. The first-order valence-electron chi connectivity index (χ1n) is 6.94. The normalized spacial score (nSPS) is 14.5. The topological polar surface area (TPSA) is 66.0 Å². The van der Waals surface area contributed by atoms with E-state index in [1.807, 2.05) is 6.07 Å². The van der Waals surface area contributed by atoms with Crippen LogP contribution < -0.4 is 5.32 Å². The average molecular weight is 296 g/mol. The summed E-state index contributed by atoms with van der Waals surface area (Å²) < 4.78 is 18.5. The van der Waals surface area contributed by atoms with Crippen molar-refractivity contribution in [1.82, 2.24) is 5.32 Å². The molecule has 4 nitrogen and oxygen atoms in total. The molecule has 1 fully saturated rings. The van der Waals surface area contributed by atoms with Crippen molar-refractivity contribution in [3.05, 3.63) is 53.5 Å². The van der Waals surface area contributed by atoms with Crippen molar-refractivity contribution in [2.24, 2.45) is 0 Å². The molecule has 2 aromatic rings. The van der Waals surface area contributed by atoms with Gasteiger partial charge in [0, 0.05) is 17.7 Å². The van der Waals surface area contributed by atoms with Gasteiger partial charge < -0.3 is 9.73 Å². The van der Waals surface area contributed by atoms with Crippen molar-refractivity contribution in [3.8, 4) is 17.4 Å². The Hall–Kier alpha value is -2.87. The molecule has 0 unspecified atom stereocenters. The number of amides is 1. The Morgan fingerprint density at radius 1 is 1.27 bits per heavy atom. The molecular formula is C17H13FN2O2. The molecule has 1 amide bonds. The molecule has 0 radical (unpaired) electrons. The second-order valence-corrected chi connectivity index (χ2v) is 5.13. The molecular weight excluding hydrogens is 283 g/mol. The van der Waals surface area contributed by atoms with Gasteiger partial charge in [-0.25, -0.2) is 4.39 Å². The number of halogens is 1. The summed E-state index contributed by atoms with van der Waals surface area (Å²) in [6, 6.07) is 11.3. The van der Waals surface area contributed by atoms with E-state index in [9.17, 15) is 9.18 Å². The number of nitrogens with one attached hydrogen (secondary N) is 1. The van der Waals surface area contributed by atoms with Gasteiger partial charge in [-0.15, -0.1) is 0 Å². The maximum Gasteiger partial charge on any atom is 0.262 e. The Morgan fingerprint density at radius 3 is 2.64 bits per heavy atom. The predicted molar refractivity (Wildman–Crippen MR) is 78.9 cm³/mol. The third kappa shape index (κ3) is 3.23. The first kappa shape index (κ1) is 14.1. The number of nitrogens with zero attached hydrogens (tertiary/aromatic N) is 1. The van der Waals surface area contributed by atoms with Crippen LogP contribution in [0, 0.1) is 17.1 Å². The van der Waals surface area contributed by atoms with Crippen molar-refractivity contribution in [2.45, 2.75) is 18.9 Å². The molecule has 1 aromatic carbocycles. The highest BCUT2D eigenvalue weighted by molar-refractivity contribution is 6.01. The zero-order valence-corrected chi connectivity index (χ0v) is 11.7. The Kier molecular flexibility index (Phi) is 3.75. The molecule has 1 heterocycles. The van der Waals surface area contributed by atoms with Gasteiger partial charge in [-0.2, -0.15) is 5.26 Å². The van der Waals surface area contributed by atoms with Gasteiger partial charge in [-0.1, -0.05) is 0 Å². The molecule has 1 aliphatic rings. The highest BCUT2D eigenvalue weighted by atomic mass is 19.1. The quantitative estimate of drug-likeness (QED) is 0.695. The zero-order chi connectivity index (χ0) is 15.5. The second kappa shape index (κ2) is 5.86. The van der Waals surface area contributed by atoms with Gasteiger partial charge in [0.15, 0.2) is 0 Å². The maximum atomic E-state index is 12.9. The van der Waals surface area contributed by atoms with E-state index in [0.29, 0.717) is 11.5 Å². The molecule has 22 heavy (non-hydrogen) atoms. The van der Waals surface area contributed by atoms with Crippen LogP contribution >= 0.6 is 0 Å². The average Bonchev–Trinajstić information content (AvgIpc) is 3.21. The van der Waals surface area contributed by atoms with Crippen LogP contribution in [0.1, 0.15) is 18.6 Å². The summed E-state index contributed by atoms with van der Waals surface area (Å²) in [5, 5.41) is 11.8. The monoisotopic (exact) mass is 296 g/mol. The van der Waals surface area contributed by atoms with Crippen LogP contribution in [0.15, 0.2) is 46.4 Å². The molecule has 0 aliphatic heterocycles. The first-order valence-corrected chi connectivity index (χ1v) is 6.94. The minimum absolute atomic E-state index is 0.00639. The van der Waals surface area contributed by atoms with Crippen molar-refractivity contribution in [1.29, 1.82) is 5.26 Å². The van der Waals surface area contributed by atoms with Crippen LogP contribution in [0.25, 0.3) is 17.4 Å². The molecule has 110 valence electrons. The van der Waals surface area contributed by atoms with E-state index < -0.39 is 0 Å². The lowest BCUT2D eigenvalue weighted by molar-refractivity contribution is -0.117. The molecule has 0 saturated heterocycles. The minimum atomic E-state index is -0.385. The Bertz CT molecular complexity index is 765. The lowest BCUT2D eigenvalue weighted by atomic mass is 10.2. The van der Waals surface area contributed by atoms with Gasteiger partial charge in [0.05, 0.1) is 0 Å². The second-order valence-electron chi connectivity index (χ2n) is 5.13. The van der Waals surface area contributed by atoms with Crippen LogP contribution in [0.3, 0.4) is 0 Å². The minimum Gasteiger partial charge on any atom is -0.457 e. The van der Waals surface area contributed by atoms with Crippen molar-refractivity contribution in [2.75, 3.05) is 0 Å². The number of carbonyl (C=O) groups excluding carboxylic acids is 1. The van der Waals surface area contributed by atoms with Gasteiger partial charge in [-0.3, -0.25) is 4.79 Å². The first-order chi connectivity index (χ1) is 10.7. The summed E-state index contributed by atoms with van der Waals surface area (Å²) in [5.74, 6) is 0.247. The SMILES string of the molecule is N#C/C(=C\c1ccc(-c2ccc(F)cc2)o1)C(=O)NC1CC1. The molecule has 1 aromatic heterocycles. The Labute approximate surface area is 126 Å². The number of hydrogen-bond acceptors (Lipinski definition) is 3. The number of benzene rings is 1. The van der Waals surface area contributed by atoms with E-state index in [2.05, 4.69) is 5.32 Å². The highest BCUT2D eigenvalue weighted by Gasteiger charge is 2.24. The Balaban J connectivity index is 1.80. The summed E-state index contributed by atoms with van der Waals surface area (Å²) in [7, 11) is 0. The standard InChI is InChI=1S/C17H13FN2O2/c18-13-3-1-11(2-4-13)16-8-7-15(22-16)9-12(10-19)17(21)20-14-5-6-14/h1-4,7-9,14H,5-6H2,(H,20,21)/b12-9+. The van der Waals surface area contributed by atoms with E-state index in [1.54, 1.807) is 24.3 Å². The van der Waals surface area contributed by atoms with Crippen molar-refractivity contribution in [3.63, 3.8) is 0 Å². The number of hydrogen-bond donors (Lipinski definition) is 1. The van der Waals surface area contributed by atoms with E-state index in [-0.39, 0.29) is 23.3 Å². The molecule has 0 spiro atoms. The lowest BCUT2D eigenvalue weighted by Crippen LogP contribution is -2.26. The van der Waals surface area contributed by atoms with Gasteiger partial charge in [0.2, 0.25) is 0 Å². The van der Waals surface area contributed by atoms with E-state index in [4.69, 9.17) is 9.68 Å². The van der Waals surface area contributed by atoms with Crippen LogP contribution in [0.2, 0.25) is 0 Å². The zero-order valence-electron chi connectivity index (χ0n) is 11.7. The third-order valence-corrected chi connectivity index (χ3v) is 3.32. The van der Waals surface area contributed by atoms with Gasteiger partial charge in [0.1, 0.15) is 29.0 Å². The third-order valence-electron chi connectivity index (χ3n) is 3.32. The van der Waals surface area contributed by atoms with Crippen LogP contribution in [-0.4, -0.2) is 11.9 Å². The van der Waals surface area contributed by atoms with E-state index >= 15 is 0 Å². The molecule has 3 rings (SSSR count). The molecule has 1 saturated carbocycles. The van der Waals surface area contributed by atoms with E-state index in [0.717, 1.165) is 18.4 Å². The van der Waals surface area contributed by atoms with E-state index in [1.165, 1.54) is 18.2 Å². The van der Waals surface area contributed by atoms with Gasteiger partial charge >= 0.3 is 0 Å². The smallest absolute Gasteiger partial charge is 0.262 e. The number of furan rings is 1. The summed E-state index contributed by atoms with van der Waals surface area (Å²) in [6.45, 7) is 0. The summed E-state index contributed by atoms with van der Waals surface area (Å²) in [4.78, 5) is 11.9.